The zero-order valence-electron chi connectivity index (χ0n) is 15.7. The van der Waals surface area contributed by atoms with Crippen LogP contribution in [0.4, 0.5) is 5.69 Å². The van der Waals surface area contributed by atoms with Crippen molar-refractivity contribution >= 4 is 28.8 Å². The van der Waals surface area contributed by atoms with Crippen LogP contribution in [0.15, 0.2) is 54.4 Å². The molecule has 2 rings (SSSR count). The summed E-state index contributed by atoms with van der Waals surface area (Å²) in [5.74, 6) is 0.589. The molecule has 0 aliphatic rings. The van der Waals surface area contributed by atoms with Gasteiger partial charge >= 0.3 is 0 Å². The Balaban J connectivity index is 1.84. The summed E-state index contributed by atoms with van der Waals surface area (Å²) in [7, 11) is 3.43. The summed E-state index contributed by atoms with van der Waals surface area (Å²) < 4.78 is 5.10. The minimum atomic E-state index is -0.140. The van der Waals surface area contributed by atoms with Crippen molar-refractivity contribution in [2.75, 3.05) is 39.1 Å². The number of ether oxygens (including phenoxy) is 1. The predicted molar refractivity (Wildman–Crippen MR) is 108 cm³/mol. The van der Waals surface area contributed by atoms with Crippen molar-refractivity contribution in [1.29, 1.82) is 0 Å². The Morgan fingerprint density at radius 2 is 2.00 bits per heavy atom. The number of hydrogen-bond donors (Lipinski definition) is 2. The number of carbonyl (C=O) groups is 2. The Kier molecular flexibility index (Phi) is 8.03. The lowest BCUT2D eigenvalue weighted by molar-refractivity contribution is -0.862. The number of carbonyl (C=O) groups excluding carboxylic acids is 2. The average molecular weight is 389 g/mol. The molecule has 1 aromatic carbocycles. The largest absolute Gasteiger partial charge is 0.497 e. The second-order valence-electron chi connectivity index (χ2n) is 6.23. The number of benzene rings is 1. The van der Waals surface area contributed by atoms with Crippen LogP contribution in [0.25, 0.3) is 0 Å². The summed E-state index contributed by atoms with van der Waals surface area (Å²) in [5, 5.41) is 4.83. The van der Waals surface area contributed by atoms with Gasteiger partial charge in [-0.25, -0.2) is 0 Å². The maximum Gasteiger partial charge on any atom is 0.279 e. The van der Waals surface area contributed by atoms with Crippen LogP contribution in [0.2, 0.25) is 0 Å². The Bertz CT molecular complexity index is 744. The van der Waals surface area contributed by atoms with Crippen molar-refractivity contribution in [3.63, 3.8) is 0 Å². The van der Waals surface area contributed by atoms with E-state index < -0.39 is 0 Å². The first-order chi connectivity index (χ1) is 13.0. The van der Waals surface area contributed by atoms with Crippen molar-refractivity contribution in [2.24, 2.45) is 0 Å². The Hall–Kier alpha value is -2.64. The molecule has 7 heteroatoms. The van der Waals surface area contributed by atoms with Crippen LogP contribution in [0.3, 0.4) is 0 Å². The Morgan fingerprint density at radius 1 is 1.26 bits per heavy atom. The molecule has 0 bridgehead atoms. The third-order valence-electron chi connectivity index (χ3n) is 3.92. The van der Waals surface area contributed by atoms with Gasteiger partial charge in [0, 0.05) is 17.1 Å². The molecule has 0 aliphatic carbocycles. The molecule has 1 atom stereocenters. The summed E-state index contributed by atoms with van der Waals surface area (Å²) in [6.07, 6.45) is 1.72. The fourth-order valence-electron chi connectivity index (χ4n) is 2.59. The summed E-state index contributed by atoms with van der Waals surface area (Å²) >= 11 is 1.62. The quantitative estimate of drug-likeness (QED) is 0.605. The number of nitrogens with zero attached hydrogens (tertiary/aromatic N) is 1. The standard InChI is InChI=1S/C20H25N3O3S/c1-4-11-23(13-18-6-5-12-27-18)20(25)15-22(2)14-19(24)21-16-7-9-17(26-3)10-8-16/h4-10,12H,1,11,13-15H2,2-3H3,(H,21,24)/p+1. The number of methoxy groups -OCH3 is 1. The number of rotatable bonds is 10. The Labute approximate surface area is 164 Å². The minimum absolute atomic E-state index is 0.00181. The van der Waals surface area contributed by atoms with E-state index in [1.807, 2.05) is 24.6 Å². The molecule has 2 N–H and O–H groups in total. The average Bonchev–Trinajstić information content (AvgIpc) is 3.15. The normalized spacial score (nSPS) is 11.5. The lowest BCUT2D eigenvalue weighted by Gasteiger charge is -2.22. The molecule has 2 amide bonds. The van der Waals surface area contributed by atoms with Gasteiger partial charge in [-0.2, -0.15) is 0 Å². The van der Waals surface area contributed by atoms with Gasteiger partial charge in [0.05, 0.1) is 20.7 Å². The van der Waals surface area contributed by atoms with E-state index in [9.17, 15) is 9.59 Å². The van der Waals surface area contributed by atoms with Gasteiger partial charge in [-0.1, -0.05) is 12.1 Å². The Morgan fingerprint density at radius 3 is 2.59 bits per heavy atom. The molecular weight excluding hydrogens is 362 g/mol. The highest BCUT2D eigenvalue weighted by Gasteiger charge is 2.19. The predicted octanol–water partition coefficient (Wildman–Crippen LogP) is 1.42. The first-order valence-corrected chi connectivity index (χ1v) is 9.56. The van der Waals surface area contributed by atoms with E-state index in [-0.39, 0.29) is 24.9 Å². The number of likely N-dealkylation sites (N-methyl/N-ethyl adjacent to an activating group) is 1. The van der Waals surface area contributed by atoms with Crippen LogP contribution < -0.4 is 15.0 Å². The van der Waals surface area contributed by atoms with E-state index in [1.165, 1.54) is 0 Å². The fraction of sp³-hybridized carbons (Fsp3) is 0.300. The van der Waals surface area contributed by atoms with Crippen LogP contribution in [-0.2, 0) is 16.1 Å². The van der Waals surface area contributed by atoms with Crippen LogP contribution in [0.1, 0.15) is 4.88 Å². The number of hydrogen-bond acceptors (Lipinski definition) is 4. The lowest BCUT2D eigenvalue weighted by Crippen LogP contribution is -3.11. The van der Waals surface area contributed by atoms with Crippen LogP contribution in [0.5, 0.6) is 5.75 Å². The molecular formula is C20H26N3O3S+. The monoisotopic (exact) mass is 388 g/mol. The van der Waals surface area contributed by atoms with E-state index in [0.29, 0.717) is 18.8 Å². The summed E-state index contributed by atoms with van der Waals surface area (Å²) in [4.78, 5) is 28.5. The lowest BCUT2D eigenvalue weighted by atomic mass is 10.3. The smallest absolute Gasteiger partial charge is 0.279 e. The maximum atomic E-state index is 12.6. The molecule has 2 aromatic rings. The molecule has 0 saturated carbocycles. The first kappa shape index (κ1) is 20.7. The third-order valence-corrected chi connectivity index (χ3v) is 4.78. The number of quaternary nitrogens is 1. The van der Waals surface area contributed by atoms with Gasteiger partial charge in [-0.3, -0.25) is 9.59 Å². The van der Waals surface area contributed by atoms with Crippen molar-refractivity contribution in [1.82, 2.24) is 4.90 Å². The molecule has 0 radical (unpaired) electrons. The SMILES string of the molecule is C=CCN(Cc1cccs1)C(=O)C[NH+](C)CC(=O)Nc1ccc(OC)cc1. The summed E-state index contributed by atoms with van der Waals surface area (Å²) in [6, 6.07) is 11.1. The van der Waals surface area contributed by atoms with Gasteiger partial charge in [-0.15, -0.1) is 17.9 Å². The molecule has 6 nitrogen and oxygen atoms in total. The van der Waals surface area contributed by atoms with Crippen molar-refractivity contribution in [3.8, 4) is 5.75 Å². The minimum Gasteiger partial charge on any atom is -0.497 e. The summed E-state index contributed by atoms with van der Waals surface area (Å²) in [5.41, 5.74) is 0.700. The molecule has 0 saturated heterocycles. The highest BCUT2D eigenvalue weighted by Crippen LogP contribution is 2.14. The van der Waals surface area contributed by atoms with Gasteiger partial charge in [0.25, 0.3) is 11.8 Å². The molecule has 144 valence electrons. The van der Waals surface area contributed by atoms with Gasteiger partial charge < -0.3 is 19.9 Å². The van der Waals surface area contributed by atoms with Gasteiger partial charge in [0.1, 0.15) is 5.75 Å². The molecule has 1 unspecified atom stereocenters. The molecule has 0 spiro atoms. The molecule has 0 aliphatic heterocycles. The van der Waals surface area contributed by atoms with Crippen molar-refractivity contribution in [3.05, 3.63) is 59.3 Å². The second-order valence-corrected chi connectivity index (χ2v) is 7.26. The number of nitrogens with one attached hydrogen (secondary N) is 2. The van der Waals surface area contributed by atoms with Crippen molar-refractivity contribution in [2.45, 2.75) is 6.54 Å². The van der Waals surface area contributed by atoms with Crippen LogP contribution in [-0.4, -0.2) is 50.5 Å². The van der Waals surface area contributed by atoms with Crippen LogP contribution in [0, 0.1) is 0 Å². The molecule has 1 aromatic heterocycles. The molecule has 27 heavy (non-hydrogen) atoms. The topological polar surface area (TPSA) is 63.1 Å². The molecule has 1 heterocycles. The highest BCUT2D eigenvalue weighted by atomic mass is 32.1. The van der Waals surface area contributed by atoms with E-state index in [0.717, 1.165) is 15.5 Å². The van der Waals surface area contributed by atoms with E-state index in [4.69, 9.17) is 4.74 Å². The van der Waals surface area contributed by atoms with Gasteiger partial charge in [0.15, 0.2) is 13.1 Å². The van der Waals surface area contributed by atoms with Gasteiger partial charge in [0.2, 0.25) is 0 Å². The van der Waals surface area contributed by atoms with Crippen molar-refractivity contribution < 1.29 is 19.2 Å². The first-order valence-electron chi connectivity index (χ1n) is 8.68. The zero-order chi connectivity index (χ0) is 19.6. The third kappa shape index (κ3) is 6.88. The number of amides is 2. The second kappa shape index (κ2) is 10.5. The van der Waals surface area contributed by atoms with Gasteiger partial charge in [-0.05, 0) is 35.7 Å². The van der Waals surface area contributed by atoms with E-state index in [2.05, 4.69) is 11.9 Å². The summed E-state index contributed by atoms with van der Waals surface area (Å²) in [6.45, 7) is 5.23. The highest BCUT2D eigenvalue weighted by molar-refractivity contribution is 7.09. The number of anilines is 1. The fourth-order valence-corrected chi connectivity index (χ4v) is 3.31. The van der Waals surface area contributed by atoms with Crippen LogP contribution >= 0.6 is 11.3 Å². The van der Waals surface area contributed by atoms with E-state index in [1.54, 1.807) is 53.7 Å². The number of thiophene rings is 1. The molecule has 0 fully saturated rings. The van der Waals surface area contributed by atoms with E-state index >= 15 is 0 Å². The zero-order valence-corrected chi connectivity index (χ0v) is 16.6. The maximum absolute atomic E-state index is 12.6.